The number of aromatic nitrogens is 5. The van der Waals surface area contributed by atoms with Crippen LogP contribution in [0.5, 0.6) is 5.75 Å². The van der Waals surface area contributed by atoms with Gasteiger partial charge in [0.25, 0.3) is 11.9 Å². The number of carbonyl (C=O) groups excluding carboxylic acids is 1. The van der Waals surface area contributed by atoms with Crippen LogP contribution in [-0.4, -0.2) is 51.2 Å². The standard InChI is InChI=1S/C17H16F3N7O4S/c1-2-32(29,30)12-7-10(6-11(8-12)31-17(18,19)20)14(28)24-9-13-25-15(21)26-27(13)16-22-4-3-5-23-16/h3-8H,2,9H2,1H3,(H2,21,26)(H,24,28). The Kier molecular flexibility index (Phi) is 6.29. The van der Waals surface area contributed by atoms with Gasteiger partial charge in [0.15, 0.2) is 15.7 Å². The van der Waals surface area contributed by atoms with Gasteiger partial charge in [-0.2, -0.15) is 9.67 Å². The first-order chi connectivity index (χ1) is 15.0. The molecule has 0 aliphatic rings. The Morgan fingerprint density at radius 2 is 1.91 bits per heavy atom. The van der Waals surface area contributed by atoms with Crippen LogP contribution in [0.25, 0.3) is 5.95 Å². The van der Waals surface area contributed by atoms with E-state index in [4.69, 9.17) is 5.73 Å². The molecule has 3 N–H and O–H groups in total. The summed E-state index contributed by atoms with van der Waals surface area (Å²) in [5.41, 5.74) is 5.23. The topological polar surface area (TPSA) is 155 Å². The van der Waals surface area contributed by atoms with E-state index < -0.39 is 32.8 Å². The molecule has 0 spiro atoms. The largest absolute Gasteiger partial charge is 0.573 e. The number of benzene rings is 1. The Balaban J connectivity index is 1.88. The van der Waals surface area contributed by atoms with E-state index in [-0.39, 0.29) is 35.6 Å². The number of nitrogens with zero attached hydrogens (tertiary/aromatic N) is 5. The lowest BCUT2D eigenvalue weighted by Crippen LogP contribution is -2.26. The van der Waals surface area contributed by atoms with Crippen LogP contribution in [0.1, 0.15) is 23.1 Å². The van der Waals surface area contributed by atoms with Gasteiger partial charge in [0, 0.05) is 18.0 Å². The first-order valence-electron chi connectivity index (χ1n) is 8.89. The molecule has 3 aromatic rings. The summed E-state index contributed by atoms with van der Waals surface area (Å²) in [5.74, 6) is -1.99. The average molecular weight is 471 g/mol. The summed E-state index contributed by atoms with van der Waals surface area (Å²) < 4.78 is 67.2. The Bertz CT molecular complexity index is 1230. The average Bonchev–Trinajstić information content (AvgIpc) is 3.11. The summed E-state index contributed by atoms with van der Waals surface area (Å²) in [7, 11) is -3.93. The van der Waals surface area contributed by atoms with Gasteiger partial charge in [-0.3, -0.25) is 4.79 Å². The molecule has 0 atom stereocenters. The molecule has 32 heavy (non-hydrogen) atoms. The molecule has 3 rings (SSSR count). The molecule has 1 aromatic carbocycles. The van der Waals surface area contributed by atoms with Crippen LogP contribution in [0.2, 0.25) is 0 Å². The fourth-order valence-corrected chi connectivity index (χ4v) is 3.48. The fraction of sp³-hybridized carbons (Fsp3) is 0.235. The molecule has 0 fully saturated rings. The molecule has 11 nitrogen and oxygen atoms in total. The van der Waals surface area contributed by atoms with Gasteiger partial charge >= 0.3 is 6.36 Å². The van der Waals surface area contributed by atoms with Crippen molar-refractivity contribution < 1.29 is 31.1 Å². The van der Waals surface area contributed by atoms with Crippen LogP contribution >= 0.6 is 0 Å². The van der Waals surface area contributed by atoms with Crippen molar-refractivity contribution in [1.29, 1.82) is 0 Å². The van der Waals surface area contributed by atoms with E-state index in [0.717, 1.165) is 12.1 Å². The van der Waals surface area contributed by atoms with Crippen molar-refractivity contribution in [3.05, 3.63) is 48.0 Å². The van der Waals surface area contributed by atoms with Crippen molar-refractivity contribution in [1.82, 2.24) is 30.0 Å². The van der Waals surface area contributed by atoms with Crippen LogP contribution in [0.4, 0.5) is 19.1 Å². The highest BCUT2D eigenvalue weighted by atomic mass is 32.2. The van der Waals surface area contributed by atoms with Crippen molar-refractivity contribution in [3.63, 3.8) is 0 Å². The predicted molar refractivity (Wildman–Crippen MR) is 103 cm³/mol. The van der Waals surface area contributed by atoms with Crippen molar-refractivity contribution >= 4 is 21.7 Å². The number of sulfone groups is 1. The van der Waals surface area contributed by atoms with Gasteiger partial charge in [-0.15, -0.1) is 18.3 Å². The van der Waals surface area contributed by atoms with Crippen LogP contribution in [0, 0.1) is 0 Å². The maximum Gasteiger partial charge on any atom is 0.573 e. The zero-order valence-corrected chi connectivity index (χ0v) is 17.2. The summed E-state index contributed by atoms with van der Waals surface area (Å²) in [6, 6.07) is 4.00. The van der Waals surface area contributed by atoms with E-state index >= 15 is 0 Å². The molecule has 2 heterocycles. The minimum absolute atomic E-state index is 0.123. The van der Waals surface area contributed by atoms with Crippen molar-refractivity contribution in [2.45, 2.75) is 24.7 Å². The predicted octanol–water partition coefficient (Wildman–Crippen LogP) is 1.26. The maximum atomic E-state index is 12.6. The molecule has 0 bridgehead atoms. The third-order valence-corrected chi connectivity index (χ3v) is 5.67. The number of hydrogen-bond donors (Lipinski definition) is 2. The third-order valence-electron chi connectivity index (χ3n) is 3.95. The van der Waals surface area contributed by atoms with Gasteiger partial charge in [-0.05, 0) is 24.3 Å². The zero-order chi connectivity index (χ0) is 23.5. The minimum atomic E-state index is -5.08. The SMILES string of the molecule is CCS(=O)(=O)c1cc(OC(F)(F)F)cc(C(=O)NCc2nc(N)nn2-c2ncccn2)c1. The Morgan fingerprint density at radius 1 is 1.22 bits per heavy atom. The first kappa shape index (κ1) is 22.9. The molecule has 0 unspecified atom stereocenters. The van der Waals surface area contributed by atoms with E-state index in [0.29, 0.717) is 6.07 Å². The normalized spacial score (nSPS) is 11.9. The third kappa shape index (κ3) is 5.48. The molecule has 2 aromatic heterocycles. The molecule has 170 valence electrons. The van der Waals surface area contributed by atoms with Gasteiger partial charge in [0.05, 0.1) is 17.2 Å². The molecule has 0 radical (unpaired) electrons. The van der Waals surface area contributed by atoms with Crippen LogP contribution < -0.4 is 15.8 Å². The number of ether oxygens (including phenoxy) is 1. The lowest BCUT2D eigenvalue weighted by Gasteiger charge is -2.13. The van der Waals surface area contributed by atoms with Gasteiger partial charge in [0.1, 0.15) is 5.75 Å². The van der Waals surface area contributed by atoms with Crippen molar-refractivity contribution in [2.75, 3.05) is 11.5 Å². The second-order valence-electron chi connectivity index (χ2n) is 6.17. The number of hydrogen-bond acceptors (Lipinski definition) is 9. The van der Waals surface area contributed by atoms with E-state index in [2.05, 4.69) is 30.1 Å². The zero-order valence-electron chi connectivity index (χ0n) is 16.4. The molecule has 0 aliphatic carbocycles. The highest BCUT2D eigenvalue weighted by molar-refractivity contribution is 7.91. The molecule has 0 aliphatic heterocycles. The van der Waals surface area contributed by atoms with Gasteiger partial charge in [-0.25, -0.2) is 18.4 Å². The number of nitrogen functional groups attached to an aromatic ring is 1. The number of amides is 1. The summed E-state index contributed by atoms with van der Waals surface area (Å²) in [6.45, 7) is 1.05. The number of carbonyl (C=O) groups is 1. The summed E-state index contributed by atoms with van der Waals surface area (Å²) in [6.07, 6.45) is -2.18. The van der Waals surface area contributed by atoms with E-state index in [9.17, 15) is 26.4 Å². The number of alkyl halides is 3. The maximum absolute atomic E-state index is 12.6. The number of halogens is 3. The summed E-state index contributed by atoms with van der Waals surface area (Å²) in [5, 5.41) is 6.35. The fourth-order valence-electron chi connectivity index (χ4n) is 2.54. The number of nitrogens with one attached hydrogen (secondary N) is 1. The lowest BCUT2D eigenvalue weighted by atomic mass is 10.2. The van der Waals surface area contributed by atoms with Crippen LogP contribution in [0.3, 0.4) is 0 Å². The first-order valence-corrected chi connectivity index (χ1v) is 10.5. The van der Waals surface area contributed by atoms with Crippen LogP contribution in [0.15, 0.2) is 41.6 Å². The highest BCUT2D eigenvalue weighted by Crippen LogP contribution is 2.27. The lowest BCUT2D eigenvalue weighted by molar-refractivity contribution is -0.274. The second-order valence-corrected chi connectivity index (χ2v) is 8.45. The van der Waals surface area contributed by atoms with E-state index in [1.165, 1.54) is 24.0 Å². The Morgan fingerprint density at radius 3 is 2.53 bits per heavy atom. The molecule has 0 saturated heterocycles. The van der Waals surface area contributed by atoms with Crippen molar-refractivity contribution in [3.8, 4) is 11.7 Å². The van der Waals surface area contributed by atoms with E-state index in [1.54, 1.807) is 6.07 Å². The van der Waals surface area contributed by atoms with Gasteiger partial charge in [0.2, 0.25) is 5.95 Å². The quantitative estimate of drug-likeness (QED) is 0.518. The van der Waals surface area contributed by atoms with E-state index in [1.807, 2.05) is 0 Å². The smallest absolute Gasteiger partial charge is 0.406 e. The number of nitrogens with two attached hydrogens (primary N) is 1. The summed E-state index contributed by atoms with van der Waals surface area (Å²) in [4.78, 5) is 24.0. The van der Waals surface area contributed by atoms with Gasteiger partial charge < -0.3 is 15.8 Å². The Hall–Kier alpha value is -3.75. The molecule has 0 saturated carbocycles. The van der Waals surface area contributed by atoms with Crippen molar-refractivity contribution in [2.24, 2.45) is 0 Å². The molecule has 1 amide bonds. The Labute approximate surface area is 179 Å². The van der Waals surface area contributed by atoms with Gasteiger partial charge in [-0.1, -0.05) is 6.92 Å². The monoisotopic (exact) mass is 471 g/mol. The number of rotatable bonds is 7. The molecule has 15 heteroatoms. The van der Waals surface area contributed by atoms with Crippen LogP contribution in [-0.2, 0) is 16.4 Å². The second kappa shape index (κ2) is 8.78. The summed E-state index contributed by atoms with van der Waals surface area (Å²) >= 11 is 0. The number of anilines is 1. The molecular weight excluding hydrogens is 455 g/mol. The minimum Gasteiger partial charge on any atom is -0.406 e. The highest BCUT2D eigenvalue weighted by Gasteiger charge is 2.32. The molecular formula is C17H16F3N7O4S.